The fourth-order valence-corrected chi connectivity index (χ4v) is 4.01. The Labute approximate surface area is 199 Å². The number of carboxylic acids is 1. The average Bonchev–Trinajstić information content (AvgIpc) is 2.75. The highest BCUT2D eigenvalue weighted by molar-refractivity contribution is 5.81. The van der Waals surface area contributed by atoms with E-state index in [4.69, 9.17) is 9.84 Å². The van der Waals surface area contributed by atoms with E-state index in [-0.39, 0.29) is 18.2 Å². The number of benzene rings is 1. The number of carbonyl (C=O) groups is 2. The lowest BCUT2D eigenvalue weighted by Crippen LogP contribution is -2.42. The monoisotopic (exact) mass is 464 g/mol. The van der Waals surface area contributed by atoms with Crippen LogP contribution < -0.4 is 10.1 Å². The molecule has 7 nitrogen and oxygen atoms in total. The molecule has 1 saturated carbocycles. The van der Waals surface area contributed by atoms with Gasteiger partial charge in [0.1, 0.15) is 5.75 Å². The van der Waals surface area contributed by atoms with Crippen molar-refractivity contribution in [1.82, 2.24) is 10.2 Å². The van der Waals surface area contributed by atoms with Gasteiger partial charge in [0.05, 0.1) is 12.7 Å². The molecule has 1 aromatic rings. The molecule has 2 rings (SSSR count). The van der Waals surface area contributed by atoms with Gasteiger partial charge in [0.25, 0.3) is 0 Å². The summed E-state index contributed by atoms with van der Waals surface area (Å²) in [6, 6.07) is 8.17. The number of hydrogen-bond donors (Lipinski definition) is 3. The summed E-state index contributed by atoms with van der Waals surface area (Å²) in [5.41, 5.74) is 0.254. The van der Waals surface area contributed by atoms with Gasteiger partial charge in [-0.25, -0.2) is 0 Å². The predicted octanol–water partition coefficient (Wildman–Crippen LogP) is 4.05. The Balaban J connectivity index is 0.000000366. The number of rotatable bonds is 9. The van der Waals surface area contributed by atoms with Crippen LogP contribution in [0.15, 0.2) is 24.3 Å². The van der Waals surface area contributed by atoms with Crippen molar-refractivity contribution in [3.8, 4) is 5.75 Å². The molecular weight excluding hydrogens is 420 g/mol. The summed E-state index contributed by atoms with van der Waals surface area (Å²) in [6.07, 6.45) is 5.93. The van der Waals surface area contributed by atoms with Crippen LogP contribution in [-0.4, -0.2) is 66.9 Å². The number of methoxy groups -OCH3 is 1. The lowest BCUT2D eigenvalue weighted by molar-refractivity contribution is -0.137. The first-order valence-electron chi connectivity index (χ1n) is 11.9. The van der Waals surface area contributed by atoms with Crippen molar-refractivity contribution >= 4 is 11.9 Å². The maximum absolute atomic E-state index is 11.3. The van der Waals surface area contributed by atoms with E-state index in [1.807, 2.05) is 32.9 Å². The SMILES string of the molecule is CC(C)(C)C(=O)NCCCC(=O)O.COc1ccc(C(CN(C)C)C2(O)CCCCC2)cc1. The van der Waals surface area contributed by atoms with Gasteiger partial charge in [-0.3, -0.25) is 9.59 Å². The first kappa shape index (κ1) is 28.9. The molecule has 0 radical (unpaired) electrons. The van der Waals surface area contributed by atoms with E-state index in [0.717, 1.165) is 38.0 Å². The molecule has 1 fully saturated rings. The Morgan fingerprint density at radius 3 is 2.15 bits per heavy atom. The number of aliphatic hydroxyl groups is 1. The zero-order valence-electron chi connectivity index (χ0n) is 21.3. The van der Waals surface area contributed by atoms with Crippen molar-refractivity contribution < 1.29 is 24.5 Å². The molecule has 1 aliphatic rings. The number of nitrogens with one attached hydrogen (secondary N) is 1. The first-order valence-corrected chi connectivity index (χ1v) is 11.9. The molecule has 33 heavy (non-hydrogen) atoms. The Hall–Kier alpha value is -2.12. The summed E-state index contributed by atoms with van der Waals surface area (Å²) in [5, 5.41) is 22.1. The van der Waals surface area contributed by atoms with Gasteiger partial charge >= 0.3 is 5.97 Å². The Kier molecular flexibility index (Phi) is 11.9. The quantitative estimate of drug-likeness (QED) is 0.477. The standard InChI is InChI=1S/C17H27NO2.C9H17NO3/c1-18(2)13-16(17(19)11-5-4-6-12-17)14-7-9-15(20-3)10-8-14;1-9(2,3)8(13)10-6-4-5-7(11)12/h7-10,16,19H,4-6,11-13H2,1-3H3;4-6H2,1-3H3,(H,10,13)(H,11,12). The molecule has 0 bridgehead atoms. The largest absolute Gasteiger partial charge is 0.497 e. The average molecular weight is 465 g/mol. The molecule has 1 atom stereocenters. The molecule has 188 valence electrons. The normalized spacial score (nSPS) is 16.4. The van der Waals surface area contributed by atoms with Crippen LogP contribution in [0.1, 0.15) is 77.2 Å². The van der Waals surface area contributed by atoms with Crippen molar-refractivity contribution in [2.75, 3.05) is 34.3 Å². The van der Waals surface area contributed by atoms with Gasteiger partial charge in [-0.15, -0.1) is 0 Å². The van der Waals surface area contributed by atoms with E-state index in [2.05, 4.69) is 36.4 Å². The van der Waals surface area contributed by atoms with Crippen LogP contribution in [0.5, 0.6) is 5.75 Å². The summed E-state index contributed by atoms with van der Waals surface area (Å²) < 4.78 is 5.23. The Morgan fingerprint density at radius 1 is 1.12 bits per heavy atom. The Morgan fingerprint density at radius 2 is 1.70 bits per heavy atom. The molecule has 7 heteroatoms. The molecule has 1 aromatic carbocycles. The third kappa shape index (κ3) is 10.6. The van der Waals surface area contributed by atoms with Crippen LogP contribution in [0.2, 0.25) is 0 Å². The van der Waals surface area contributed by atoms with Crippen molar-refractivity contribution in [3.63, 3.8) is 0 Å². The van der Waals surface area contributed by atoms with E-state index in [9.17, 15) is 14.7 Å². The minimum absolute atomic E-state index is 0.0436. The van der Waals surface area contributed by atoms with Crippen molar-refractivity contribution in [2.45, 2.75) is 77.2 Å². The highest BCUT2D eigenvalue weighted by atomic mass is 16.5. The van der Waals surface area contributed by atoms with Crippen molar-refractivity contribution in [3.05, 3.63) is 29.8 Å². The van der Waals surface area contributed by atoms with Crippen LogP contribution in [-0.2, 0) is 9.59 Å². The van der Waals surface area contributed by atoms with Gasteiger partial charge in [-0.1, -0.05) is 52.2 Å². The van der Waals surface area contributed by atoms with Gasteiger partial charge in [0, 0.05) is 30.8 Å². The minimum Gasteiger partial charge on any atom is -0.497 e. The van der Waals surface area contributed by atoms with E-state index in [0.29, 0.717) is 13.0 Å². The molecule has 1 unspecified atom stereocenters. The summed E-state index contributed by atoms with van der Waals surface area (Å²) in [5.74, 6) is 0.166. The predicted molar refractivity (Wildman–Crippen MR) is 132 cm³/mol. The molecule has 1 amide bonds. The minimum atomic E-state index is -0.829. The highest BCUT2D eigenvalue weighted by Crippen LogP contribution is 2.40. The smallest absolute Gasteiger partial charge is 0.303 e. The first-order chi connectivity index (χ1) is 15.4. The maximum atomic E-state index is 11.3. The van der Waals surface area contributed by atoms with Crippen LogP contribution in [0.25, 0.3) is 0 Å². The van der Waals surface area contributed by atoms with E-state index < -0.39 is 17.0 Å². The molecular formula is C26H44N2O5. The van der Waals surface area contributed by atoms with Crippen LogP contribution in [0.4, 0.5) is 0 Å². The summed E-state index contributed by atoms with van der Waals surface area (Å²) in [4.78, 5) is 23.5. The number of carbonyl (C=O) groups excluding carboxylic acids is 1. The van der Waals surface area contributed by atoms with Gasteiger partial charge in [-0.2, -0.15) is 0 Å². The number of ether oxygens (including phenoxy) is 1. The van der Waals surface area contributed by atoms with Crippen LogP contribution in [0, 0.1) is 5.41 Å². The van der Waals surface area contributed by atoms with Crippen molar-refractivity contribution in [2.24, 2.45) is 5.41 Å². The zero-order valence-corrected chi connectivity index (χ0v) is 21.3. The second-order valence-corrected chi connectivity index (χ2v) is 10.3. The molecule has 0 saturated heterocycles. The number of nitrogens with zero attached hydrogens (tertiary/aromatic N) is 1. The summed E-state index contributed by atoms with van der Waals surface area (Å²) in [6.45, 7) is 6.77. The number of aliphatic carboxylic acids is 1. The lowest BCUT2D eigenvalue weighted by atomic mass is 9.72. The fraction of sp³-hybridized carbons (Fsp3) is 0.692. The Bertz CT molecular complexity index is 719. The topological polar surface area (TPSA) is 99.1 Å². The van der Waals surface area contributed by atoms with Crippen LogP contribution in [0.3, 0.4) is 0 Å². The molecule has 0 aromatic heterocycles. The van der Waals surface area contributed by atoms with E-state index in [1.165, 1.54) is 12.0 Å². The number of likely N-dealkylation sites (N-methyl/N-ethyl adjacent to an activating group) is 1. The van der Waals surface area contributed by atoms with Gasteiger partial charge < -0.3 is 25.2 Å². The second-order valence-electron chi connectivity index (χ2n) is 10.3. The van der Waals surface area contributed by atoms with Crippen LogP contribution >= 0.6 is 0 Å². The molecule has 0 spiro atoms. The summed E-state index contributed by atoms with van der Waals surface area (Å²) >= 11 is 0. The second kappa shape index (κ2) is 13.6. The fourth-order valence-electron chi connectivity index (χ4n) is 4.01. The third-order valence-electron chi connectivity index (χ3n) is 5.97. The van der Waals surface area contributed by atoms with Gasteiger partial charge in [0.15, 0.2) is 0 Å². The summed E-state index contributed by atoms with van der Waals surface area (Å²) in [7, 11) is 5.83. The molecule has 0 aliphatic heterocycles. The van der Waals surface area contributed by atoms with E-state index >= 15 is 0 Å². The molecule has 1 aliphatic carbocycles. The molecule has 3 N–H and O–H groups in total. The third-order valence-corrected chi connectivity index (χ3v) is 5.97. The number of hydrogen-bond acceptors (Lipinski definition) is 5. The highest BCUT2D eigenvalue weighted by Gasteiger charge is 2.38. The lowest BCUT2D eigenvalue weighted by Gasteiger charge is -2.40. The molecule has 0 heterocycles. The number of amides is 1. The zero-order chi connectivity index (χ0) is 25.1. The van der Waals surface area contributed by atoms with Crippen molar-refractivity contribution in [1.29, 1.82) is 0 Å². The van der Waals surface area contributed by atoms with E-state index in [1.54, 1.807) is 7.11 Å². The van der Waals surface area contributed by atoms with Gasteiger partial charge in [0.2, 0.25) is 5.91 Å². The maximum Gasteiger partial charge on any atom is 0.303 e. The number of carboxylic acid groups (broad SMARTS) is 1. The van der Waals surface area contributed by atoms with Gasteiger partial charge in [-0.05, 0) is 51.1 Å².